The van der Waals surface area contributed by atoms with Gasteiger partial charge in [-0.2, -0.15) is 5.10 Å². The smallest absolute Gasteiger partial charge is 0.274 e. The first-order chi connectivity index (χ1) is 15.1. The van der Waals surface area contributed by atoms with Crippen LogP contribution >= 0.6 is 0 Å². The average Bonchev–Trinajstić information content (AvgIpc) is 3.42. The van der Waals surface area contributed by atoms with Crippen LogP contribution in [0.1, 0.15) is 38.1 Å². The molecule has 2 heterocycles. The number of aromatic amines is 1. The van der Waals surface area contributed by atoms with Crippen molar-refractivity contribution in [2.24, 2.45) is 0 Å². The van der Waals surface area contributed by atoms with Gasteiger partial charge < -0.3 is 0 Å². The molecule has 8 nitrogen and oxygen atoms in total. The molecule has 0 aliphatic heterocycles. The van der Waals surface area contributed by atoms with Crippen LogP contribution < -0.4 is 5.69 Å². The Kier molecular flexibility index (Phi) is 5.76. The van der Waals surface area contributed by atoms with Crippen molar-refractivity contribution in [2.45, 2.75) is 39.8 Å². The molecule has 0 aliphatic carbocycles. The van der Waals surface area contributed by atoms with E-state index in [2.05, 4.69) is 37.6 Å². The third-order valence-corrected chi connectivity index (χ3v) is 5.01. The quantitative estimate of drug-likeness (QED) is 0.490. The monoisotopic (exact) mass is 413 g/mol. The summed E-state index contributed by atoms with van der Waals surface area (Å²) in [5.74, 6) is 7.24. The van der Waals surface area contributed by atoms with Gasteiger partial charge in [0.25, 0.3) is 0 Å². The minimum atomic E-state index is -0.140. The summed E-state index contributed by atoms with van der Waals surface area (Å²) >= 11 is 0. The Balaban J connectivity index is 1.65. The lowest BCUT2D eigenvalue weighted by atomic mass is 9.98. The van der Waals surface area contributed by atoms with E-state index in [0.29, 0.717) is 18.9 Å². The van der Waals surface area contributed by atoms with Crippen molar-refractivity contribution in [2.75, 3.05) is 0 Å². The Hall–Kier alpha value is -3.99. The van der Waals surface area contributed by atoms with Crippen LogP contribution in [-0.4, -0.2) is 35.0 Å². The van der Waals surface area contributed by atoms with Crippen LogP contribution in [0.15, 0.2) is 53.3 Å². The van der Waals surface area contributed by atoms with E-state index in [1.807, 2.05) is 62.4 Å². The van der Waals surface area contributed by atoms with Crippen LogP contribution in [0.3, 0.4) is 0 Å². The Labute approximate surface area is 179 Å². The first-order valence-electron chi connectivity index (χ1n) is 10.1. The second kappa shape index (κ2) is 8.79. The number of rotatable bonds is 6. The number of nitrogens with zero attached hydrogens (tertiary/aromatic N) is 6. The highest BCUT2D eigenvalue weighted by Crippen LogP contribution is 2.29. The fourth-order valence-corrected chi connectivity index (χ4v) is 3.48. The molecule has 8 heteroatoms. The third-order valence-electron chi connectivity index (χ3n) is 5.01. The summed E-state index contributed by atoms with van der Waals surface area (Å²) in [6.07, 6.45) is 0. The number of hydrogen-bond acceptors (Lipinski definition) is 5. The number of benzene rings is 2. The van der Waals surface area contributed by atoms with Gasteiger partial charge in [0.1, 0.15) is 12.4 Å². The maximum Gasteiger partial charge on any atom is 0.347 e. The Morgan fingerprint density at radius 2 is 1.81 bits per heavy atom. The fourth-order valence-electron chi connectivity index (χ4n) is 3.48. The van der Waals surface area contributed by atoms with Crippen LogP contribution in [0.5, 0.6) is 0 Å². The Bertz CT molecular complexity index is 1290. The molecule has 156 valence electrons. The van der Waals surface area contributed by atoms with Gasteiger partial charge in [-0.3, -0.25) is 4.57 Å². The van der Waals surface area contributed by atoms with Gasteiger partial charge in [-0.25, -0.2) is 14.6 Å². The highest BCUT2D eigenvalue weighted by atomic mass is 16.2. The average molecular weight is 413 g/mol. The Morgan fingerprint density at radius 3 is 2.45 bits per heavy atom. The van der Waals surface area contributed by atoms with E-state index in [0.717, 1.165) is 28.1 Å². The summed E-state index contributed by atoms with van der Waals surface area (Å²) in [7, 11) is 0. The van der Waals surface area contributed by atoms with Gasteiger partial charge in [0.15, 0.2) is 5.82 Å². The third kappa shape index (κ3) is 4.16. The first-order valence-corrected chi connectivity index (χ1v) is 10.1. The van der Waals surface area contributed by atoms with Crippen LogP contribution in [0.25, 0.3) is 22.5 Å². The first kappa shape index (κ1) is 20.3. The minimum Gasteiger partial charge on any atom is -0.274 e. The van der Waals surface area contributed by atoms with Crippen molar-refractivity contribution in [3.8, 4) is 34.4 Å². The van der Waals surface area contributed by atoms with E-state index in [-0.39, 0.29) is 11.6 Å². The molecule has 4 rings (SSSR count). The zero-order valence-electron chi connectivity index (χ0n) is 17.7. The summed E-state index contributed by atoms with van der Waals surface area (Å²) in [6, 6.07) is 16.1. The SMILES string of the molecule is CC#CCn1nc(C(C)C)n(Cc2ccc(-c3ccccc3-c3nnn[nH]3)cc2)c1=O. The molecule has 0 fully saturated rings. The molecule has 31 heavy (non-hydrogen) atoms. The number of tetrazole rings is 1. The molecule has 2 aromatic carbocycles. The summed E-state index contributed by atoms with van der Waals surface area (Å²) in [6.45, 7) is 6.58. The normalized spacial score (nSPS) is 10.8. The fraction of sp³-hybridized carbons (Fsp3) is 0.261. The number of hydrogen-bond donors (Lipinski definition) is 1. The number of nitrogens with one attached hydrogen (secondary N) is 1. The van der Waals surface area contributed by atoms with Gasteiger partial charge in [-0.15, -0.1) is 11.0 Å². The van der Waals surface area contributed by atoms with Gasteiger partial charge in [0.05, 0.1) is 6.54 Å². The molecule has 0 saturated carbocycles. The van der Waals surface area contributed by atoms with Crippen molar-refractivity contribution >= 4 is 0 Å². The van der Waals surface area contributed by atoms with E-state index in [1.165, 1.54) is 4.68 Å². The van der Waals surface area contributed by atoms with E-state index in [9.17, 15) is 4.79 Å². The molecule has 0 unspecified atom stereocenters. The molecule has 0 radical (unpaired) electrons. The maximum atomic E-state index is 12.8. The molecule has 0 amide bonds. The number of H-pyrrole nitrogens is 1. The molecular weight excluding hydrogens is 390 g/mol. The molecule has 2 aromatic heterocycles. The summed E-state index contributed by atoms with van der Waals surface area (Å²) in [4.78, 5) is 12.8. The molecule has 0 saturated heterocycles. The lowest BCUT2D eigenvalue weighted by Crippen LogP contribution is -2.26. The van der Waals surface area contributed by atoms with Gasteiger partial charge >= 0.3 is 5.69 Å². The van der Waals surface area contributed by atoms with E-state index >= 15 is 0 Å². The molecule has 4 aromatic rings. The van der Waals surface area contributed by atoms with Gasteiger partial charge in [0.2, 0.25) is 0 Å². The van der Waals surface area contributed by atoms with Crippen molar-refractivity contribution in [3.05, 3.63) is 70.4 Å². The van der Waals surface area contributed by atoms with Crippen LogP contribution in [0, 0.1) is 11.8 Å². The van der Waals surface area contributed by atoms with Gasteiger partial charge in [-0.05, 0) is 34.0 Å². The molecule has 0 atom stereocenters. The van der Waals surface area contributed by atoms with Crippen LogP contribution in [0.4, 0.5) is 0 Å². The molecular formula is C23H23N7O. The Morgan fingerprint density at radius 1 is 1.06 bits per heavy atom. The largest absolute Gasteiger partial charge is 0.347 e. The number of aromatic nitrogens is 7. The lowest BCUT2D eigenvalue weighted by molar-refractivity contribution is 0.654. The maximum absolute atomic E-state index is 12.8. The summed E-state index contributed by atoms with van der Waals surface area (Å²) in [5.41, 5.74) is 3.88. The minimum absolute atomic E-state index is 0.130. The van der Waals surface area contributed by atoms with E-state index in [4.69, 9.17) is 0 Å². The summed E-state index contributed by atoms with van der Waals surface area (Å²) < 4.78 is 3.16. The molecule has 0 bridgehead atoms. The standard InChI is InChI=1S/C23H23N7O/c1-4-5-14-30-23(31)29(22(26-30)16(2)3)15-17-10-12-18(13-11-17)19-8-6-7-9-20(19)21-24-27-28-25-21/h6-13,16H,14-15H2,1-3H3,(H,24,25,27,28). The van der Waals surface area contributed by atoms with E-state index in [1.54, 1.807) is 11.5 Å². The predicted molar refractivity (Wildman–Crippen MR) is 118 cm³/mol. The second-order valence-electron chi connectivity index (χ2n) is 7.46. The highest BCUT2D eigenvalue weighted by molar-refractivity contribution is 5.80. The van der Waals surface area contributed by atoms with Crippen molar-refractivity contribution in [3.63, 3.8) is 0 Å². The molecule has 0 aliphatic rings. The van der Waals surface area contributed by atoms with E-state index < -0.39 is 0 Å². The highest BCUT2D eigenvalue weighted by Gasteiger charge is 2.16. The zero-order chi connectivity index (χ0) is 21.8. The molecule has 1 N–H and O–H groups in total. The lowest BCUT2D eigenvalue weighted by Gasteiger charge is -2.10. The second-order valence-corrected chi connectivity index (χ2v) is 7.46. The van der Waals surface area contributed by atoms with Gasteiger partial charge in [0, 0.05) is 11.5 Å². The van der Waals surface area contributed by atoms with Gasteiger partial charge in [-0.1, -0.05) is 68.3 Å². The zero-order valence-corrected chi connectivity index (χ0v) is 17.7. The van der Waals surface area contributed by atoms with Crippen molar-refractivity contribution in [1.82, 2.24) is 35.0 Å². The predicted octanol–water partition coefficient (Wildman–Crippen LogP) is 3.09. The summed E-state index contributed by atoms with van der Waals surface area (Å²) in [5, 5.41) is 18.7. The van der Waals surface area contributed by atoms with Crippen LogP contribution in [0.2, 0.25) is 0 Å². The van der Waals surface area contributed by atoms with Crippen molar-refractivity contribution in [1.29, 1.82) is 0 Å². The van der Waals surface area contributed by atoms with Crippen LogP contribution in [-0.2, 0) is 13.1 Å². The van der Waals surface area contributed by atoms with Crippen molar-refractivity contribution < 1.29 is 0 Å². The molecule has 0 spiro atoms. The topological polar surface area (TPSA) is 94.3 Å².